The molecule has 0 aromatic carbocycles. The van der Waals surface area contributed by atoms with Gasteiger partial charge in [-0.05, 0) is 44.4 Å². The fraction of sp³-hybridized carbons (Fsp3) is 0.864. The molecule has 2 aliphatic heterocycles. The summed E-state index contributed by atoms with van der Waals surface area (Å²) >= 11 is 0. The van der Waals surface area contributed by atoms with Crippen molar-refractivity contribution in [3.63, 3.8) is 0 Å². The van der Waals surface area contributed by atoms with Gasteiger partial charge in [0.2, 0.25) is 5.89 Å². The summed E-state index contributed by atoms with van der Waals surface area (Å²) in [5, 5.41) is 7.36. The van der Waals surface area contributed by atoms with Crippen LogP contribution in [0.5, 0.6) is 0 Å². The maximum absolute atomic E-state index is 12.7. The molecule has 3 heterocycles. The summed E-state index contributed by atoms with van der Waals surface area (Å²) < 4.78 is 16.7. The van der Waals surface area contributed by atoms with Crippen LogP contribution in [0, 0.1) is 5.92 Å². The molecule has 1 saturated carbocycles. The van der Waals surface area contributed by atoms with Crippen molar-refractivity contribution in [1.82, 2.24) is 20.4 Å². The summed E-state index contributed by atoms with van der Waals surface area (Å²) in [6.45, 7) is 4.54. The predicted molar refractivity (Wildman–Crippen MR) is 111 cm³/mol. The first-order valence-electron chi connectivity index (χ1n) is 11.8. The highest BCUT2D eigenvalue weighted by Crippen LogP contribution is 2.26. The van der Waals surface area contributed by atoms with Gasteiger partial charge >= 0.3 is 6.03 Å². The number of carbonyl (C=O) groups excluding carboxylic acids is 1. The fourth-order valence-corrected chi connectivity index (χ4v) is 4.74. The van der Waals surface area contributed by atoms with Crippen molar-refractivity contribution in [3.8, 4) is 0 Å². The first kappa shape index (κ1) is 21.6. The summed E-state index contributed by atoms with van der Waals surface area (Å²) in [5.74, 6) is 2.08. The molecule has 0 radical (unpaired) electrons. The van der Waals surface area contributed by atoms with Crippen LogP contribution in [-0.2, 0) is 15.9 Å². The van der Waals surface area contributed by atoms with Gasteiger partial charge in [-0.25, -0.2) is 4.79 Å². The van der Waals surface area contributed by atoms with Crippen LogP contribution in [0.15, 0.2) is 4.52 Å². The summed E-state index contributed by atoms with van der Waals surface area (Å²) in [6, 6.07) is 0.399. The molecule has 3 fully saturated rings. The first-order chi connectivity index (χ1) is 14.8. The predicted octanol–water partition coefficient (Wildman–Crippen LogP) is 3.28. The Morgan fingerprint density at radius 2 is 1.93 bits per heavy atom. The van der Waals surface area contributed by atoms with Crippen molar-refractivity contribution in [1.29, 1.82) is 0 Å². The van der Waals surface area contributed by atoms with Gasteiger partial charge in [0, 0.05) is 45.4 Å². The number of urea groups is 1. The van der Waals surface area contributed by atoms with E-state index < -0.39 is 0 Å². The molecule has 1 aromatic rings. The number of aromatic nitrogens is 2. The summed E-state index contributed by atoms with van der Waals surface area (Å²) in [5.41, 5.74) is 0. The zero-order chi connectivity index (χ0) is 20.6. The topological polar surface area (TPSA) is 89.7 Å². The molecule has 2 saturated heterocycles. The Kier molecular flexibility index (Phi) is 7.97. The standard InChI is InChI=1S/C22H36N4O4/c27-22(23-19-6-2-1-3-7-19)26-11-4-5-18(15-26)21-24-20(25-30-21)10-14-29-16-17-8-12-28-13-9-17/h17-19H,1-16H2,(H,23,27). The van der Waals surface area contributed by atoms with Crippen LogP contribution in [0.1, 0.15) is 75.4 Å². The Hall–Kier alpha value is -1.67. The highest BCUT2D eigenvalue weighted by atomic mass is 16.5. The lowest BCUT2D eigenvalue weighted by Gasteiger charge is -2.33. The van der Waals surface area contributed by atoms with Gasteiger partial charge < -0.3 is 24.2 Å². The minimum Gasteiger partial charge on any atom is -0.381 e. The number of piperidine rings is 1. The summed E-state index contributed by atoms with van der Waals surface area (Å²) in [6.07, 6.45) is 10.7. The molecule has 8 nitrogen and oxygen atoms in total. The van der Waals surface area contributed by atoms with Gasteiger partial charge in [-0.3, -0.25) is 0 Å². The molecule has 1 unspecified atom stereocenters. The number of rotatable bonds is 7. The molecular formula is C22H36N4O4. The third kappa shape index (κ3) is 6.17. The maximum Gasteiger partial charge on any atom is 0.317 e. The van der Waals surface area contributed by atoms with Crippen LogP contribution in [0.25, 0.3) is 0 Å². The molecule has 1 atom stereocenters. The monoisotopic (exact) mass is 420 g/mol. The Labute approximate surface area is 179 Å². The second-order valence-corrected chi connectivity index (χ2v) is 9.00. The molecule has 4 rings (SSSR count). The van der Waals surface area contributed by atoms with E-state index in [-0.39, 0.29) is 11.9 Å². The molecular weight excluding hydrogens is 384 g/mol. The number of hydrogen-bond acceptors (Lipinski definition) is 6. The Balaban J connectivity index is 1.20. The average molecular weight is 421 g/mol. The number of amides is 2. The molecule has 2 amide bonds. The SMILES string of the molecule is O=C(NC1CCCCC1)N1CCCC(c2nc(CCOCC3CCOCC3)no2)C1. The van der Waals surface area contributed by atoms with Crippen LogP contribution in [0.3, 0.4) is 0 Å². The van der Waals surface area contributed by atoms with Crippen molar-refractivity contribution >= 4 is 6.03 Å². The van der Waals surface area contributed by atoms with Crippen molar-refractivity contribution in [3.05, 3.63) is 11.7 Å². The molecule has 168 valence electrons. The van der Waals surface area contributed by atoms with Crippen LogP contribution in [-0.4, -0.2) is 66.6 Å². The van der Waals surface area contributed by atoms with Gasteiger partial charge in [-0.2, -0.15) is 4.98 Å². The van der Waals surface area contributed by atoms with E-state index in [1.54, 1.807) is 0 Å². The van der Waals surface area contributed by atoms with Gasteiger partial charge in [0.1, 0.15) is 0 Å². The largest absolute Gasteiger partial charge is 0.381 e. The highest BCUT2D eigenvalue weighted by Gasteiger charge is 2.29. The van der Waals surface area contributed by atoms with E-state index in [0.717, 1.165) is 64.9 Å². The molecule has 30 heavy (non-hydrogen) atoms. The average Bonchev–Trinajstić information content (AvgIpc) is 3.27. The number of carbonyl (C=O) groups is 1. The van der Waals surface area contributed by atoms with Gasteiger partial charge in [-0.15, -0.1) is 0 Å². The second kappa shape index (κ2) is 11.1. The van der Waals surface area contributed by atoms with Crippen LogP contribution in [0.4, 0.5) is 4.79 Å². The summed E-state index contributed by atoms with van der Waals surface area (Å²) in [7, 11) is 0. The third-order valence-corrected chi connectivity index (χ3v) is 6.64. The lowest BCUT2D eigenvalue weighted by molar-refractivity contribution is 0.0211. The normalized spacial score (nSPS) is 24.1. The van der Waals surface area contributed by atoms with Crippen molar-refractivity contribution in [2.24, 2.45) is 5.92 Å². The number of hydrogen-bond donors (Lipinski definition) is 1. The molecule has 3 aliphatic rings. The zero-order valence-electron chi connectivity index (χ0n) is 18.0. The van der Waals surface area contributed by atoms with Crippen LogP contribution >= 0.6 is 0 Å². The van der Waals surface area contributed by atoms with Gasteiger partial charge in [0.15, 0.2) is 5.82 Å². The third-order valence-electron chi connectivity index (χ3n) is 6.64. The van der Waals surface area contributed by atoms with Crippen molar-refractivity contribution in [2.75, 3.05) is 39.5 Å². The lowest BCUT2D eigenvalue weighted by Crippen LogP contribution is -2.48. The number of nitrogens with zero attached hydrogens (tertiary/aromatic N) is 3. The van der Waals surface area contributed by atoms with E-state index in [0.29, 0.717) is 43.2 Å². The smallest absolute Gasteiger partial charge is 0.317 e. The quantitative estimate of drug-likeness (QED) is 0.681. The molecule has 0 bridgehead atoms. The zero-order valence-corrected chi connectivity index (χ0v) is 18.0. The van der Waals surface area contributed by atoms with Gasteiger partial charge in [0.05, 0.1) is 12.5 Å². The van der Waals surface area contributed by atoms with Gasteiger partial charge in [0.25, 0.3) is 0 Å². The van der Waals surface area contributed by atoms with Gasteiger partial charge in [-0.1, -0.05) is 24.4 Å². The van der Waals surface area contributed by atoms with E-state index >= 15 is 0 Å². The molecule has 1 N–H and O–H groups in total. The van der Waals surface area contributed by atoms with Crippen LogP contribution < -0.4 is 5.32 Å². The van der Waals surface area contributed by atoms with Crippen molar-refractivity contribution < 1.29 is 18.8 Å². The minimum absolute atomic E-state index is 0.0628. The number of nitrogens with one attached hydrogen (secondary N) is 1. The minimum atomic E-state index is 0.0628. The van der Waals surface area contributed by atoms with Crippen LogP contribution in [0.2, 0.25) is 0 Å². The van der Waals surface area contributed by atoms with E-state index in [9.17, 15) is 4.79 Å². The molecule has 1 aromatic heterocycles. The molecule has 0 spiro atoms. The molecule has 8 heteroatoms. The Bertz CT molecular complexity index is 655. The number of ether oxygens (including phenoxy) is 2. The Morgan fingerprint density at radius 3 is 2.77 bits per heavy atom. The van der Waals surface area contributed by atoms with E-state index in [2.05, 4.69) is 15.5 Å². The van der Waals surface area contributed by atoms with E-state index in [1.165, 1.54) is 19.3 Å². The fourth-order valence-electron chi connectivity index (χ4n) is 4.74. The van der Waals surface area contributed by atoms with Crippen molar-refractivity contribution in [2.45, 2.75) is 76.2 Å². The highest BCUT2D eigenvalue weighted by molar-refractivity contribution is 5.74. The first-order valence-corrected chi connectivity index (χ1v) is 11.8. The van der Waals surface area contributed by atoms with E-state index in [4.69, 9.17) is 14.0 Å². The Morgan fingerprint density at radius 1 is 1.10 bits per heavy atom. The van der Waals surface area contributed by atoms with E-state index in [1.807, 2.05) is 4.90 Å². The maximum atomic E-state index is 12.7. The number of likely N-dealkylation sites (tertiary alicyclic amines) is 1. The summed E-state index contributed by atoms with van der Waals surface area (Å²) in [4.78, 5) is 19.2. The molecule has 1 aliphatic carbocycles. The lowest BCUT2D eigenvalue weighted by atomic mass is 9.95. The second-order valence-electron chi connectivity index (χ2n) is 9.00.